The fraction of sp³-hybridized carbons (Fsp3) is 0.167. The van der Waals surface area contributed by atoms with Crippen LogP contribution in [0.2, 0.25) is 0 Å². The van der Waals surface area contributed by atoms with Gasteiger partial charge >= 0.3 is 5.97 Å². The van der Waals surface area contributed by atoms with Crippen LogP contribution in [0.4, 0.5) is 5.69 Å². The Morgan fingerprint density at radius 1 is 1.04 bits per heavy atom. The highest BCUT2D eigenvalue weighted by Crippen LogP contribution is 2.14. The summed E-state index contributed by atoms with van der Waals surface area (Å²) in [5, 5.41) is 11.8. The molecule has 0 bridgehead atoms. The molecule has 1 amide bonds. The van der Waals surface area contributed by atoms with Crippen molar-refractivity contribution in [3.8, 4) is 5.75 Å². The second-order valence-electron chi connectivity index (χ2n) is 5.22. The first-order chi connectivity index (χ1) is 11.4. The molecule has 0 spiro atoms. The molecule has 0 aliphatic rings. The Hall–Kier alpha value is -3.15. The zero-order chi connectivity index (χ0) is 17.7. The van der Waals surface area contributed by atoms with Crippen molar-refractivity contribution in [3.05, 3.63) is 59.7 Å². The fourth-order valence-electron chi connectivity index (χ4n) is 1.94. The predicted molar refractivity (Wildman–Crippen MR) is 88.1 cm³/mol. The van der Waals surface area contributed by atoms with Gasteiger partial charge in [-0.25, -0.2) is 4.79 Å². The Balaban J connectivity index is 1.99. The van der Waals surface area contributed by atoms with Crippen LogP contribution in [0.25, 0.3) is 0 Å². The minimum Gasteiger partial charge on any atom is -0.508 e. The van der Waals surface area contributed by atoms with Crippen LogP contribution in [-0.2, 0) is 9.53 Å². The van der Waals surface area contributed by atoms with E-state index in [4.69, 9.17) is 4.74 Å². The van der Waals surface area contributed by atoms with E-state index in [1.807, 2.05) is 0 Å². The largest absolute Gasteiger partial charge is 0.508 e. The Morgan fingerprint density at radius 3 is 2.33 bits per heavy atom. The SMILES string of the molecule is CC(=O)c1cccc(NC(=O)[C@@H](C)OC(=O)c2ccc(O)cc2)c1. The molecule has 0 saturated carbocycles. The lowest BCUT2D eigenvalue weighted by Gasteiger charge is -2.14. The number of carbonyl (C=O) groups is 3. The number of rotatable bonds is 5. The molecule has 1 atom stereocenters. The van der Waals surface area contributed by atoms with E-state index in [-0.39, 0.29) is 17.1 Å². The molecular formula is C18H17NO5. The highest BCUT2D eigenvalue weighted by molar-refractivity contribution is 5.99. The Kier molecular flexibility index (Phi) is 5.31. The monoisotopic (exact) mass is 327 g/mol. The third-order valence-corrected chi connectivity index (χ3v) is 3.29. The van der Waals surface area contributed by atoms with Gasteiger partial charge in [-0.2, -0.15) is 0 Å². The van der Waals surface area contributed by atoms with Gasteiger partial charge in [0.2, 0.25) is 0 Å². The van der Waals surface area contributed by atoms with Crippen LogP contribution >= 0.6 is 0 Å². The molecule has 0 unspecified atom stereocenters. The maximum absolute atomic E-state index is 12.1. The number of ether oxygens (including phenoxy) is 1. The summed E-state index contributed by atoms with van der Waals surface area (Å²) in [6, 6.07) is 12.0. The lowest BCUT2D eigenvalue weighted by Crippen LogP contribution is -2.30. The van der Waals surface area contributed by atoms with E-state index in [0.29, 0.717) is 11.3 Å². The van der Waals surface area contributed by atoms with Crippen LogP contribution in [-0.4, -0.2) is 28.9 Å². The molecule has 24 heavy (non-hydrogen) atoms. The van der Waals surface area contributed by atoms with Crippen LogP contribution in [0, 0.1) is 0 Å². The first-order valence-electron chi connectivity index (χ1n) is 7.28. The molecule has 124 valence electrons. The Bertz CT molecular complexity index is 767. The molecule has 2 N–H and O–H groups in total. The van der Waals surface area contributed by atoms with Crippen molar-refractivity contribution in [2.24, 2.45) is 0 Å². The first-order valence-corrected chi connectivity index (χ1v) is 7.28. The maximum atomic E-state index is 12.1. The Morgan fingerprint density at radius 2 is 1.71 bits per heavy atom. The number of nitrogens with one attached hydrogen (secondary N) is 1. The third-order valence-electron chi connectivity index (χ3n) is 3.29. The van der Waals surface area contributed by atoms with Gasteiger partial charge in [0.1, 0.15) is 5.75 Å². The summed E-state index contributed by atoms with van der Waals surface area (Å²) in [5.41, 5.74) is 1.15. The van der Waals surface area contributed by atoms with Gasteiger partial charge in [-0.05, 0) is 50.2 Å². The van der Waals surface area contributed by atoms with Crippen LogP contribution in [0.3, 0.4) is 0 Å². The van der Waals surface area contributed by atoms with E-state index in [9.17, 15) is 19.5 Å². The molecule has 0 fully saturated rings. The van der Waals surface area contributed by atoms with Crippen LogP contribution in [0.5, 0.6) is 5.75 Å². The molecule has 6 nitrogen and oxygen atoms in total. The van der Waals surface area contributed by atoms with E-state index >= 15 is 0 Å². The number of phenols is 1. The molecular weight excluding hydrogens is 310 g/mol. The zero-order valence-corrected chi connectivity index (χ0v) is 13.3. The summed E-state index contributed by atoms with van der Waals surface area (Å²) in [6.45, 7) is 2.88. The summed E-state index contributed by atoms with van der Waals surface area (Å²) < 4.78 is 5.09. The maximum Gasteiger partial charge on any atom is 0.338 e. The van der Waals surface area contributed by atoms with Gasteiger partial charge in [-0.1, -0.05) is 12.1 Å². The molecule has 0 aliphatic heterocycles. The van der Waals surface area contributed by atoms with Crippen LogP contribution in [0.1, 0.15) is 34.6 Å². The van der Waals surface area contributed by atoms with Crippen molar-refractivity contribution >= 4 is 23.3 Å². The van der Waals surface area contributed by atoms with Crippen molar-refractivity contribution in [2.75, 3.05) is 5.32 Å². The number of benzene rings is 2. The highest BCUT2D eigenvalue weighted by Gasteiger charge is 2.19. The van der Waals surface area contributed by atoms with Gasteiger partial charge in [0.15, 0.2) is 11.9 Å². The third kappa shape index (κ3) is 4.42. The standard InChI is InChI=1S/C18H17NO5/c1-11(20)14-4-3-5-15(10-14)19-17(22)12(2)24-18(23)13-6-8-16(21)9-7-13/h3-10,12,21H,1-2H3,(H,19,22)/t12-/m1/s1. The van der Waals surface area contributed by atoms with Gasteiger partial charge in [-0.15, -0.1) is 0 Å². The van der Waals surface area contributed by atoms with Gasteiger partial charge in [0.05, 0.1) is 5.56 Å². The highest BCUT2D eigenvalue weighted by atomic mass is 16.5. The van der Waals surface area contributed by atoms with Crippen molar-refractivity contribution in [3.63, 3.8) is 0 Å². The Labute approximate surface area is 139 Å². The van der Waals surface area contributed by atoms with Crippen molar-refractivity contribution in [1.82, 2.24) is 0 Å². The van der Waals surface area contributed by atoms with Crippen LogP contribution in [0.15, 0.2) is 48.5 Å². The number of hydrogen-bond acceptors (Lipinski definition) is 5. The number of esters is 1. The molecule has 2 rings (SSSR count). The second-order valence-corrected chi connectivity index (χ2v) is 5.22. The van der Waals surface area contributed by atoms with E-state index in [1.54, 1.807) is 24.3 Å². The van der Waals surface area contributed by atoms with Crippen molar-refractivity contribution < 1.29 is 24.2 Å². The molecule has 0 heterocycles. The average molecular weight is 327 g/mol. The molecule has 0 aliphatic carbocycles. The summed E-state index contributed by atoms with van der Waals surface area (Å²) in [6.07, 6.45) is -1.02. The number of aromatic hydroxyl groups is 1. The van der Waals surface area contributed by atoms with Crippen molar-refractivity contribution in [2.45, 2.75) is 20.0 Å². The lowest BCUT2D eigenvalue weighted by molar-refractivity contribution is -0.123. The molecule has 0 radical (unpaired) electrons. The van der Waals surface area contributed by atoms with Gasteiger partial charge in [0.25, 0.3) is 5.91 Å². The topological polar surface area (TPSA) is 92.7 Å². The van der Waals surface area contributed by atoms with E-state index in [1.165, 1.54) is 38.1 Å². The van der Waals surface area contributed by atoms with E-state index < -0.39 is 18.0 Å². The number of amides is 1. The smallest absolute Gasteiger partial charge is 0.338 e. The second kappa shape index (κ2) is 7.41. The minimum absolute atomic E-state index is 0.0303. The zero-order valence-electron chi connectivity index (χ0n) is 13.3. The molecule has 2 aromatic carbocycles. The summed E-state index contributed by atoms with van der Waals surface area (Å²) in [5.74, 6) is -1.27. The molecule has 2 aromatic rings. The van der Waals surface area contributed by atoms with Gasteiger partial charge in [-0.3, -0.25) is 9.59 Å². The van der Waals surface area contributed by atoms with Gasteiger partial charge in [0, 0.05) is 11.3 Å². The normalized spacial score (nSPS) is 11.4. The summed E-state index contributed by atoms with van der Waals surface area (Å²) in [4.78, 5) is 35.4. The number of hydrogen-bond donors (Lipinski definition) is 2. The predicted octanol–water partition coefficient (Wildman–Crippen LogP) is 2.78. The average Bonchev–Trinajstić information content (AvgIpc) is 2.55. The number of Topliss-reactive ketones (excluding diaryl/α,β-unsaturated/α-hetero) is 1. The molecule has 0 aromatic heterocycles. The van der Waals surface area contributed by atoms with Crippen molar-refractivity contribution in [1.29, 1.82) is 0 Å². The van der Waals surface area contributed by atoms with E-state index in [0.717, 1.165) is 0 Å². The van der Waals surface area contributed by atoms with Gasteiger partial charge < -0.3 is 15.2 Å². The summed E-state index contributed by atoms with van der Waals surface area (Å²) in [7, 11) is 0. The lowest BCUT2D eigenvalue weighted by atomic mass is 10.1. The quantitative estimate of drug-likeness (QED) is 0.651. The molecule has 6 heteroatoms. The van der Waals surface area contributed by atoms with E-state index in [2.05, 4.69) is 5.32 Å². The number of carbonyl (C=O) groups excluding carboxylic acids is 3. The van der Waals surface area contributed by atoms with Crippen LogP contribution < -0.4 is 5.32 Å². The first kappa shape index (κ1) is 17.2. The number of anilines is 1. The number of phenolic OH excluding ortho intramolecular Hbond substituents is 1. The minimum atomic E-state index is -1.02. The fourth-order valence-corrected chi connectivity index (χ4v) is 1.94. The number of ketones is 1. The molecule has 0 saturated heterocycles. The summed E-state index contributed by atoms with van der Waals surface area (Å²) >= 11 is 0.